The first-order chi connectivity index (χ1) is 16.3. The molecule has 1 amide bonds. The van der Waals surface area contributed by atoms with Crippen LogP contribution >= 0.6 is 0 Å². The number of hydrogen-bond donors (Lipinski definition) is 0. The molecule has 3 aromatic carbocycles. The third kappa shape index (κ3) is 4.65. The summed E-state index contributed by atoms with van der Waals surface area (Å²) in [4.78, 5) is 20.8. The van der Waals surface area contributed by atoms with E-state index in [9.17, 15) is 4.79 Å². The summed E-state index contributed by atoms with van der Waals surface area (Å²) >= 11 is 0. The Balaban J connectivity index is 1.43. The summed E-state index contributed by atoms with van der Waals surface area (Å²) in [5, 5.41) is 4.24. The van der Waals surface area contributed by atoms with Gasteiger partial charge in [0.2, 0.25) is 5.90 Å². The molecule has 2 aliphatic rings. The molecule has 0 N–H and O–H groups in total. The number of rotatable bonds is 3. The number of hydrogen-bond acceptors (Lipinski definition) is 4. The predicted octanol–water partition coefficient (Wildman–Crippen LogP) is 4.42. The lowest BCUT2D eigenvalue weighted by Crippen LogP contribution is -2.54. The Morgan fingerprint density at radius 3 is 2.30 bits per heavy atom. The van der Waals surface area contributed by atoms with Crippen LogP contribution in [-0.4, -0.2) is 35.0 Å². The predicted molar refractivity (Wildman–Crippen MR) is 126 cm³/mol. The Morgan fingerprint density at radius 2 is 1.58 bits per heavy atom. The molecule has 33 heavy (non-hydrogen) atoms. The maximum atomic E-state index is 13.3. The third-order valence-corrected chi connectivity index (χ3v) is 5.51. The number of fused-ring (bicyclic) bond motifs is 1. The van der Waals surface area contributed by atoms with Crippen molar-refractivity contribution in [1.82, 2.24) is 4.90 Å². The number of benzene rings is 3. The van der Waals surface area contributed by atoms with E-state index in [-0.39, 0.29) is 5.91 Å². The molecule has 1 unspecified atom stereocenters. The third-order valence-electron chi connectivity index (χ3n) is 5.51. The normalized spacial score (nSPS) is 20.9. The van der Waals surface area contributed by atoms with E-state index in [0.29, 0.717) is 17.9 Å². The zero-order valence-electron chi connectivity index (χ0n) is 17.9. The van der Waals surface area contributed by atoms with Crippen LogP contribution in [0.1, 0.15) is 21.5 Å². The fraction of sp³-hybridized carbons (Fsp3) is 0.143. The number of oxime groups is 1. The topological polar surface area (TPSA) is 51.1 Å². The van der Waals surface area contributed by atoms with Crippen LogP contribution in [-0.2, 0) is 16.0 Å². The highest BCUT2D eigenvalue weighted by Gasteiger charge is 2.42. The maximum absolute atomic E-state index is 13.3. The van der Waals surface area contributed by atoms with Crippen LogP contribution in [0.2, 0.25) is 0 Å². The van der Waals surface area contributed by atoms with Crippen LogP contribution in [0.4, 0.5) is 0 Å². The molecule has 0 saturated carbocycles. The zero-order valence-corrected chi connectivity index (χ0v) is 17.9. The summed E-state index contributed by atoms with van der Waals surface area (Å²) in [6.07, 6.45) is 3.18. The van der Waals surface area contributed by atoms with Gasteiger partial charge in [0.15, 0.2) is 12.2 Å². The second-order valence-corrected chi connectivity index (χ2v) is 7.80. The van der Waals surface area contributed by atoms with Crippen molar-refractivity contribution in [3.05, 3.63) is 120 Å². The zero-order chi connectivity index (χ0) is 22.5. The summed E-state index contributed by atoms with van der Waals surface area (Å²) in [6, 6.07) is 28.2. The molecule has 0 fully saturated rings. The van der Waals surface area contributed by atoms with E-state index in [1.807, 2.05) is 84.9 Å². The minimum atomic E-state index is -0.560. The lowest BCUT2D eigenvalue weighted by Gasteiger charge is -2.39. The van der Waals surface area contributed by atoms with Gasteiger partial charge in [0.25, 0.3) is 5.91 Å². The van der Waals surface area contributed by atoms with Gasteiger partial charge in [-0.15, -0.1) is 0 Å². The number of nitrogens with zero attached hydrogens (tertiary/aromatic N) is 2. The first kappa shape index (κ1) is 20.6. The molecule has 3 aromatic rings. The van der Waals surface area contributed by atoms with Gasteiger partial charge in [0.05, 0.1) is 6.42 Å². The van der Waals surface area contributed by atoms with Gasteiger partial charge < -0.3 is 9.57 Å². The summed E-state index contributed by atoms with van der Waals surface area (Å²) in [5.74, 6) is 6.76. The minimum absolute atomic E-state index is 0.152. The molecular weight excluding hydrogens is 412 g/mol. The number of amides is 1. The van der Waals surface area contributed by atoms with Gasteiger partial charge in [-0.1, -0.05) is 83.7 Å². The smallest absolute Gasteiger partial charge is 0.258 e. The molecule has 0 spiro atoms. The summed E-state index contributed by atoms with van der Waals surface area (Å²) in [5.41, 5.74) is 2.53. The lowest BCUT2D eigenvalue weighted by atomic mass is 9.98. The van der Waals surface area contributed by atoms with Crippen LogP contribution < -0.4 is 0 Å². The molecule has 0 aromatic heterocycles. The van der Waals surface area contributed by atoms with Crippen molar-refractivity contribution in [2.75, 3.05) is 0 Å². The van der Waals surface area contributed by atoms with Crippen LogP contribution in [0, 0.1) is 11.8 Å². The lowest BCUT2D eigenvalue weighted by molar-refractivity contribution is -0.0706. The molecule has 5 heteroatoms. The van der Waals surface area contributed by atoms with Gasteiger partial charge in [-0.2, -0.15) is 0 Å². The van der Waals surface area contributed by atoms with Crippen LogP contribution in [0.15, 0.2) is 108 Å². The first-order valence-corrected chi connectivity index (χ1v) is 10.8. The minimum Gasteiger partial charge on any atom is -0.467 e. The monoisotopic (exact) mass is 434 g/mol. The second-order valence-electron chi connectivity index (χ2n) is 7.80. The SMILES string of the molecule is O=C(c1ccccc1)N1C=CC2OC(Cc3ccccc3)=NO[C@H]2[C@@H]1C#Cc1ccccc1. The van der Waals surface area contributed by atoms with E-state index in [2.05, 4.69) is 17.0 Å². The average Bonchev–Trinajstić information content (AvgIpc) is 2.88. The fourth-order valence-corrected chi connectivity index (χ4v) is 3.84. The Kier molecular flexibility index (Phi) is 5.90. The van der Waals surface area contributed by atoms with Crippen molar-refractivity contribution < 1.29 is 14.4 Å². The molecule has 0 bridgehead atoms. The summed E-state index contributed by atoms with van der Waals surface area (Å²) < 4.78 is 6.14. The van der Waals surface area contributed by atoms with Gasteiger partial charge in [-0.05, 0) is 35.9 Å². The highest BCUT2D eigenvalue weighted by atomic mass is 16.7. The molecule has 2 aliphatic heterocycles. The van der Waals surface area contributed by atoms with Crippen LogP contribution in [0.5, 0.6) is 0 Å². The molecule has 0 aliphatic carbocycles. The Bertz CT molecular complexity index is 1230. The quantitative estimate of drug-likeness (QED) is 0.574. The standard InChI is InChI=1S/C28H22N2O3/c31-28(23-14-8-3-9-15-23)30-19-18-25-27(24(30)17-16-21-10-4-1-5-11-21)33-29-26(32-25)20-22-12-6-2-7-13-22/h1-15,18-19,24-25,27H,20H2/t24-,25?,27-/m0/s1. The number of carbonyl (C=O) groups excluding carboxylic acids is 1. The summed E-state index contributed by atoms with van der Waals surface area (Å²) in [7, 11) is 0. The molecule has 5 nitrogen and oxygen atoms in total. The van der Waals surface area contributed by atoms with E-state index >= 15 is 0 Å². The molecule has 5 rings (SSSR count). The highest BCUT2D eigenvalue weighted by molar-refractivity contribution is 5.95. The van der Waals surface area contributed by atoms with Crippen molar-refractivity contribution in [3.63, 3.8) is 0 Å². The highest BCUT2D eigenvalue weighted by Crippen LogP contribution is 2.27. The molecular formula is C28H22N2O3. The number of carbonyl (C=O) groups is 1. The Hall–Kier alpha value is -4.30. The van der Waals surface area contributed by atoms with Gasteiger partial charge in [0.1, 0.15) is 6.04 Å². The fourth-order valence-electron chi connectivity index (χ4n) is 3.84. The van der Waals surface area contributed by atoms with E-state index in [1.165, 1.54) is 0 Å². The van der Waals surface area contributed by atoms with E-state index in [4.69, 9.17) is 9.57 Å². The molecule has 162 valence electrons. The van der Waals surface area contributed by atoms with Gasteiger partial charge >= 0.3 is 0 Å². The van der Waals surface area contributed by atoms with E-state index < -0.39 is 18.2 Å². The largest absolute Gasteiger partial charge is 0.467 e. The van der Waals surface area contributed by atoms with Crippen molar-refractivity contribution >= 4 is 11.8 Å². The van der Waals surface area contributed by atoms with E-state index in [1.54, 1.807) is 23.2 Å². The molecule has 2 heterocycles. The van der Waals surface area contributed by atoms with Crippen molar-refractivity contribution in [2.45, 2.75) is 24.7 Å². The molecule has 3 atom stereocenters. The van der Waals surface area contributed by atoms with Crippen molar-refractivity contribution in [1.29, 1.82) is 0 Å². The maximum Gasteiger partial charge on any atom is 0.258 e. The van der Waals surface area contributed by atoms with Crippen molar-refractivity contribution in [2.24, 2.45) is 5.16 Å². The molecule has 0 radical (unpaired) electrons. The first-order valence-electron chi connectivity index (χ1n) is 10.8. The van der Waals surface area contributed by atoms with Crippen LogP contribution in [0.3, 0.4) is 0 Å². The van der Waals surface area contributed by atoms with Gasteiger partial charge in [-0.25, -0.2) is 0 Å². The molecule has 0 saturated heterocycles. The Morgan fingerprint density at radius 1 is 0.909 bits per heavy atom. The Labute approximate surface area is 192 Å². The van der Waals surface area contributed by atoms with Gasteiger partial charge in [-0.3, -0.25) is 9.69 Å². The summed E-state index contributed by atoms with van der Waals surface area (Å²) in [6.45, 7) is 0. The number of ether oxygens (including phenoxy) is 1. The second kappa shape index (κ2) is 9.46. The van der Waals surface area contributed by atoms with E-state index in [0.717, 1.165) is 11.1 Å². The van der Waals surface area contributed by atoms with Crippen molar-refractivity contribution in [3.8, 4) is 11.8 Å². The van der Waals surface area contributed by atoms with Crippen LogP contribution in [0.25, 0.3) is 0 Å². The van der Waals surface area contributed by atoms with Gasteiger partial charge in [0, 0.05) is 17.3 Å². The average molecular weight is 434 g/mol.